The molecule has 2 rings (SSSR count). The first kappa shape index (κ1) is 14.4. The summed E-state index contributed by atoms with van der Waals surface area (Å²) in [6.45, 7) is 3.17. The maximum atomic E-state index is 13.9. The normalized spacial score (nSPS) is 18.2. The van der Waals surface area contributed by atoms with Crippen molar-refractivity contribution in [2.45, 2.75) is 44.7 Å². The Morgan fingerprint density at radius 3 is 2.58 bits per heavy atom. The number of rotatable bonds is 5. The molecule has 0 heterocycles. The predicted octanol–water partition coefficient (Wildman–Crippen LogP) is 3.23. The van der Waals surface area contributed by atoms with Gasteiger partial charge < -0.3 is 5.73 Å². The average Bonchev–Trinajstić information content (AvgIpc) is 2.92. The summed E-state index contributed by atoms with van der Waals surface area (Å²) in [6, 6.07) is 3.84. The first-order valence-electron chi connectivity index (χ1n) is 7.08. The highest BCUT2D eigenvalue weighted by molar-refractivity contribution is 5.23. The van der Waals surface area contributed by atoms with Gasteiger partial charge in [-0.25, -0.2) is 8.78 Å². The summed E-state index contributed by atoms with van der Waals surface area (Å²) < 4.78 is 27.3. The van der Waals surface area contributed by atoms with Gasteiger partial charge in [-0.2, -0.15) is 0 Å². The van der Waals surface area contributed by atoms with Gasteiger partial charge in [0.2, 0.25) is 0 Å². The standard InChI is InChI=1S/C15H22F2N2/c1-2-19(12-5-3-4-6-12)15(10-18)13-9-11(16)7-8-14(13)17/h7-9,12,15H,2-6,10,18H2,1H3. The molecule has 1 aliphatic rings. The molecule has 1 fully saturated rings. The lowest BCUT2D eigenvalue weighted by Crippen LogP contribution is -2.40. The molecular formula is C15H22F2N2. The summed E-state index contributed by atoms with van der Waals surface area (Å²) in [5, 5.41) is 0. The van der Waals surface area contributed by atoms with E-state index >= 15 is 0 Å². The fourth-order valence-corrected chi connectivity index (χ4v) is 3.18. The van der Waals surface area contributed by atoms with Crippen LogP contribution in [0.25, 0.3) is 0 Å². The van der Waals surface area contributed by atoms with Crippen LogP contribution in [0.3, 0.4) is 0 Å². The van der Waals surface area contributed by atoms with Crippen LogP contribution in [0.5, 0.6) is 0 Å². The fraction of sp³-hybridized carbons (Fsp3) is 0.600. The second kappa shape index (κ2) is 6.44. The highest BCUT2D eigenvalue weighted by Crippen LogP contribution is 2.31. The van der Waals surface area contributed by atoms with Crippen molar-refractivity contribution in [1.29, 1.82) is 0 Å². The maximum Gasteiger partial charge on any atom is 0.128 e. The Morgan fingerprint density at radius 1 is 1.32 bits per heavy atom. The second-order valence-corrected chi connectivity index (χ2v) is 5.19. The molecule has 4 heteroatoms. The van der Waals surface area contributed by atoms with Crippen molar-refractivity contribution in [1.82, 2.24) is 4.90 Å². The van der Waals surface area contributed by atoms with Gasteiger partial charge in [0.15, 0.2) is 0 Å². The Kier molecular flexibility index (Phi) is 4.88. The molecule has 106 valence electrons. The van der Waals surface area contributed by atoms with Crippen molar-refractivity contribution in [3.05, 3.63) is 35.4 Å². The number of nitrogens with zero attached hydrogens (tertiary/aromatic N) is 1. The number of hydrogen-bond acceptors (Lipinski definition) is 2. The molecule has 0 radical (unpaired) electrons. The van der Waals surface area contributed by atoms with E-state index in [2.05, 4.69) is 11.8 Å². The van der Waals surface area contributed by atoms with Crippen molar-refractivity contribution in [3.8, 4) is 0 Å². The van der Waals surface area contributed by atoms with Gasteiger partial charge in [-0.05, 0) is 37.6 Å². The number of hydrogen-bond donors (Lipinski definition) is 1. The molecule has 1 aromatic rings. The molecule has 2 N–H and O–H groups in total. The smallest absolute Gasteiger partial charge is 0.128 e. The molecule has 0 aliphatic heterocycles. The third-order valence-corrected chi connectivity index (χ3v) is 4.10. The quantitative estimate of drug-likeness (QED) is 0.888. The minimum atomic E-state index is -0.405. The van der Waals surface area contributed by atoms with Crippen LogP contribution in [-0.4, -0.2) is 24.0 Å². The predicted molar refractivity (Wildman–Crippen MR) is 72.8 cm³/mol. The van der Waals surface area contributed by atoms with Gasteiger partial charge in [0.1, 0.15) is 11.6 Å². The van der Waals surface area contributed by atoms with E-state index in [0.717, 1.165) is 25.5 Å². The molecule has 2 nitrogen and oxygen atoms in total. The van der Waals surface area contributed by atoms with E-state index in [1.54, 1.807) is 0 Å². The van der Waals surface area contributed by atoms with Gasteiger partial charge in [-0.1, -0.05) is 19.8 Å². The van der Waals surface area contributed by atoms with Gasteiger partial charge >= 0.3 is 0 Å². The fourth-order valence-electron chi connectivity index (χ4n) is 3.18. The van der Waals surface area contributed by atoms with Crippen LogP contribution in [0.2, 0.25) is 0 Å². The van der Waals surface area contributed by atoms with Gasteiger partial charge in [-0.3, -0.25) is 4.90 Å². The van der Waals surface area contributed by atoms with Gasteiger partial charge in [-0.15, -0.1) is 0 Å². The van der Waals surface area contributed by atoms with Crippen LogP contribution in [0, 0.1) is 11.6 Å². The first-order valence-corrected chi connectivity index (χ1v) is 7.08. The van der Waals surface area contributed by atoms with Crippen LogP contribution in [-0.2, 0) is 0 Å². The Bertz CT molecular complexity index is 417. The molecule has 1 atom stereocenters. The van der Waals surface area contributed by atoms with E-state index in [1.807, 2.05) is 0 Å². The lowest BCUT2D eigenvalue weighted by Gasteiger charge is -2.35. The van der Waals surface area contributed by atoms with Crippen LogP contribution in [0.15, 0.2) is 18.2 Å². The minimum Gasteiger partial charge on any atom is -0.329 e. The van der Waals surface area contributed by atoms with Crippen molar-refractivity contribution in [3.63, 3.8) is 0 Å². The topological polar surface area (TPSA) is 29.3 Å². The zero-order valence-corrected chi connectivity index (χ0v) is 11.4. The number of likely N-dealkylation sites (N-methyl/N-ethyl adjacent to an activating group) is 1. The van der Waals surface area contributed by atoms with Gasteiger partial charge in [0.25, 0.3) is 0 Å². The van der Waals surface area contributed by atoms with E-state index in [1.165, 1.54) is 25.0 Å². The number of halogens is 2. The molecule has 1 aromatic carbocycles. The summed E-state index contributed by atoms with van der Waals surface area (Å²) in [6.07, 6.45) is 4.68. The average molecular weight is 268 g/mol. The van der Waals surface area contributed by atoms with Crippen LogP contribution in [0.4, 0.5) is 8.78 Å². The largest absolute Gasteiger partial charge is 0.329 e. The summed E-state index contributed by atoms with van der Waals surface area (Å²) in [5.41, 5.74) is 6.22. The number of nitrogens with two attached hydrogens (primary N) is 1. The Labute approximate surface area is 113 Å². The van der Waals surface area contributed by atoms with Crippen molar-refractivity contribution in [2.24, 2.45) is 5.73 Å². The zero-order chi connectivity index (χ0) is 13.8. The molecule has 0 aromatic heterocycles. The van der Waals surface area contributed by atoms with Crippen molar-refractivity contribution < 1.29 is 8.78 Å². The molecule has 0 spiro atoms. The summed E-state index contributed by atoms with van der Waals surface area (Å²) in [7, 11) is 0. The van der Waals surface area contributed by atoms with E-state index in [0.29, 0.717) is 18.2 Å². The second-order valence-electron chi connectivity index (χ2n) is 5.19. The van der Waals surface area contributed by atoms with Crippen LogP contribution < -0.4 is 5.73 Å². The minimum absolute atomic E-state index is 0.233. The van der Waals surface area contributed by atoms with Crippen molar-refractivity contribution in [2.75, 3.05) is 13.1 Å². The lowest BCUT2D eigenvalue weighted by atomic mass is 10.0. The highest BCUT2D eigenvalue weighted by atomic mass is 19.1. The summed E-state index contributed by atoms with van der Waals surface area (Å²) in [4.78, 5) is 2.23. The molecule has 0 amide bonds. The Morgan fingerprint density at radius 2 is 2.00 bits per heavy atom. The highest BCUT2D eigenvalue weighted by Gasteiger charge is 2.29. The van der Waals surface area contributed by atoms with Gasteiger partial charge in [0.05, 0.1) is 6.04 Å². The molecule has 19 heavy (non-hydrogen) atoms. The first-order chi connectivity index (χ1) is 9.17. The number of benzene rings is 1. The molecular weight excluding hydrogens is 246 g/mol. The van der Waals surface area contributed by atoms with Crippen molar-refractivity contribution >= 4 is 0 Å². The monoisotopic (exact) mass is 268 g/mol. The van der Waals surface area contributed by atoms with E-state index in [-0.39, 0.29) is 11.9 Å². The lowest BCUT2D eigenvalue weighted by molar-refractivity contribution is 0.144. The third kappa shape index (κ3) is 3.12. The van der Waals surface area contributed by atoms with E-state index in [4.69, 9.17) is 5.73 Å². The van der Waals surface area contributed by atoms with Crippen LogP contribution >= 0.6 is 0 Å². The zero-order valence-electron chi connectivity index (χ0n) is 11.4. The van der Waals surface area contributed by atoms with Gasteiger partial charge in [0, 0.05) is 18.2 Å². The molecule has 0 saturated heterocycles. The Hall–Kier alpha value is -1.00. The Balaban J connectivity index is 2.28. The molecule has 1 saturated carbocycles. The SMILES string of the molecule is CCN(C1CCCC1)C(CN)c1cc(F)ccc1F. The summed E-state index contributed by atoms with van der Waals surface area (Å²) >= 11 is 0. The van der Waals surface area contributed by atoms with E-state index < -0.39 is 5.82 Å². The molecule has 1 aliphatic carbocycles. The van der Waals surface area contributed by atoms with Crippen LogP contribution in [0.1, 0.15) is 44.2 Å². The summed E-state index contributed by atoms with van der Waals surface area (Å²) in [5.74, 6) is -0.773. The van der Waals surface area contributed by atoms with E-state index in [9.17, 15) is 8.78 Å². The third-order valence-electron chi connectivity index (χ3n) is 4.10. The molecule has 1 unspecified atom stereocenters. The molecule has 0 bridgehead atoms. The maximum absolute atomic E-state index is 13.9.